The normalized spacial score (nSPS) is 17.6. The number of fused-ring (bicyclic) bond motifs is 1. The van der Waals surface area contributed by atoms with Crippen molar-refractivity contribution in [1.29, 1.82) is 0 Å². The van der Waals surface area contributed by atoms with Gasteiger partial charge in [-0.05, 0) is 33.4 Å². The van der Waals surface area contributed by atoms with Crippen molar-refractivity contribution in [3.63, 3.8) is 0 Å². The number of nitrogens with one attached hydrogen (secondary N) is 2. The van der Waals surface area contributed by atoms with Gasteiger partial charge in [-0.15, -0.1) is 24.0 Å². The first-order valence-corrected chi connectivity index (χ1v) is 9.71. The second-order valence-electron chi connectivity index (χ2n) is 6.60. The number of aromatic nitrogens is 3. The van der Waals surface area contributed by atoms with Crippen LogP contribution in [0.3, 0.4) is 0 Å². The number of rotatable bonds is 7. The molecular formula is C16H31IN6OS. The minimum Gasteiger partial charge on any atom is -0.377 e. The Hall–Kier alpha value is -0.550. The van der Waals surface area contributed by atoms with Crippen molar-refractivity contribution < 1.29 is 4.74 Å². The van der Waals surface area contributed by atoms with E-state index in [9.17, 15) is 0 Å². The summed E-state index contributed by atoms with van der Waals surface area (Å²) < 4.78 is 7.25. The average molecular weight is 482 g/mol. The molecule has 144 valence electrons. The van der Waals surface area contributed by atoms with Gasteiger partial charge in [0, 0.05) is 30.9 Å². The lowest BCUT2D eigenvalue weighted by Crippen LogP contribution is -2.47. The Balaban J connectivity index is 0.00000312. The molecule has 1 aliphatic rings. The van der Waals surface area contributed by atoms with Crippen molar-refractivity contribution >= 4 is 41.7 Å². The van der Waals surface area contributed by atoms with Crippen LogP contribution in [-0.4, -0.2) is 58.0 Å². The third-order valence-electron chi connectivity index (χ3n) is 4.03. The van der Waals surface area contributed by atoms with Crippen LogP contribution in [0.2, 0.25) is 0 Å². The standard InChI is InChI=1S/C16H30N6OS.HI/c1-6-17-15(18-11-16(2,3)24-5)19-12-7-8-14-20-13(10-23-4)21-22(14)9-12;/h12H,6-11H2,1-5H3,(H2,17,18,19);1H. The van der Waals surface area contributed by atoms with E-state index in [-0.39, 0.29) is 28.7 Å². The summed E-state index contributed by atoms with van der Waals surface area (Å²) in [6.45, 7) is 9.42. The zero-order valence-electron chi connectivity index (χ0n) is 15.8. The molecule has 2 N–H and O–H groups in total. The molecule has 0 saturated carbocycles. The molecule has 0 saturated heterocycles. The first kappa shape index (κ1) is 22.5. The lowest BCUT2D eigenvalue weighted by molar-refractivity contribution is 0.177. The SMILES string of the molecule is CCNC(=NCC(C)(C)SC)NC1CCc2nc(COC)nn2C1.I. The second-order valence-corrected chi connectivity index (χ2v) is 8.11. The minimum absolute atomic E-state index is 0. The summed E-state index contributed by atoms with van der Waals surface area (Å²) in [4.78, 5) is 9.27. The summed E-state index contributed by atoms with van der Waals surface area (Å²) in [5.41, 5.74) is 0. The van der Waals surface area contributed by atoms with Crippen molar-refractivity contribution in [1.82, 2.24) is 25.4 Å². The molecule has 1 aliphatic heterocycles. The van der Waals surface area contributed by atoms with E-state index >= 15 is 0 Å². The molecule has 0 spiro atoms. The monoisotopic (exact) mass is 482 g/mol. The predicted octanol–water partition coefficient (Wildman–Crippen LogP) is 2.05. The number of methoxy groups -OCH3 is 1. The van der Waals surface area contributed by atoms with Crippen LogP contribution in [-0.2, 0) is 24.3 Å². The Kier molecular flexibility index (Phi) is 9.50. The maximum absolute atomic E-state index is 5.12. The maximum Gasteiger partial charge on any atom is 0.191 e. The van der Waals surface area contributed by atoms with Crippen LogP contribution in [0.15, 0.2) is 4.99 Å². The minimum atomic E-state index is 0. The van der Waals surface area contributed by atoms with Crippen molar-refractivity contribution in [3.05, 3.63) is 11.6 Å². The maximum atomic E-state index is 5.12. The third-order valence-corrected chi connectivity index (χ3v) is 5.27. The molecular weight excluding hydrogens is 451 g/mol. The van der Waals surface area contributed by atoms with Crippen LogP contribution >= 0.6 is 35.7 Å². The molecule has 7 nitrogen and oxygen atoms in total. The van der Waals surface area contributed by atoms with Crippen LogP contribution in [0.25, 0.3) is 0 Å². The number of aryl methyl sites for hydroxylation is 1. The molecule has 0 radical (unpaired) electrons. The molecule has 1 atom stereocenters. The first-order chi connectivity index (χ1) is 11.5. The van der Waals surface area contributed by atoms with Crippen LogP contribution in [0.5, 0.6) is 0 Å². The van der Waals surface area contributed by atoms with Gasteiger partial charge in [0.1, 0.15) is 12.4 Å². The van der Waals surface area contributed by atoms with Crippen molar-refractivity contribution in [2.45, 2.75) is 57.6 Å². The zero-order chi connectivity index (χ0) is 17.6. The summed E-state index contributed by atoms with van der Waals surface area (Å²) in [6.07, 6.45) is 4.08. The molecule has 2 rings (SSSR count). The van der Waals surface area contributed by atoms with E-state index in [1.807, 2.05) is 16.4 Å². The average Bonchev–Trinajstić information content (AvgIpc) is 2.95. The third kappa shape index (κ3) is 6.93. The van der Waals surface area contributed by atoms with E-state index in [1.54, 1.807) is 7.11 Å². The van der Waals surface area contributed by atoms with Gasteiger partial charge in [-0.2, -0.15) is 16.9 Å². The van der Waals surface area contributed by atoms with E-state index in [0.717, 1.165) is 50.1 Å². The number of hydrogen-bond donors (Lipinski definition) is 2. The molecule has 1 aromatic rings. The fourth-order valence-electron chi connectivity index (χ4n) is 2.52. The van der Waals surface area contributed by atoms with Crippen LogP contribution in [0, 0.1) is 0 Å². The van der Waals surface area contributed by atoms with Crippen LogP contribution in [0.4, 0.5) is 0 Å². The molecule has 1 unspecified atom stereocenters. The summed E-state index contributed by atoms with van der Waals surface area (Å²) in [7, 11) is 1.67. The van der Waals surface area contributed by atoms with E-state index in [0.29, 0.717) is 12.6 Å². The Morgan fingerprint density at radius 3 is 2.88 bits per heavy atom. The number of thioether (sulfide) groups is 1. The highest BCUT2D eigenvalue weighted by molar-refractivity contribution is 14.0. The van der Waals surface area contributed by atoms with Gasteiger partial charge < -0.3 is 15.4 Å². The van der Waals surface area contributed by atoms with Crippen molar-refractivity contribution in [3.8, 4) is 0 Å². The number of guanidine groups is 1. The van der Waals surface area contributed by atoms with Gasteiger partial charge in [0.25, 0.3) is 0 Å². The number of aliphatic imine (C=N–C) groups is 1. The van der Waals surface area contributed by atoms with Gasteiger partial charge in [-0.3, -0.25) is 4.99 Å². The highest BCUT2D eigenvalue weighted by atomic mass is 127. The molecule has 0 aliphatic carbocycles. The molecule has 0 amide bonds. The number of hydrogen-bond acceptors (Lipinski definition) is 5. The summed E-state index contributed by atoms with van der Waals surface area (Å²) in [5.74, 6) is 2.69. The highest BCUT2D eigenvalue weighted by Crippen LogP contribution is 2.21. The van der Waals surface area contributed by atoms with Crippen molar-refractivity contribution in [2.75, 3.05) is 26.5 Å². The van der Waals surface area contributed by atoms with E-state index in [1.165, 1.54) is 0 Å². The van der Waals surface area contributed by atoms with Gasteiger partial charge in [0.2, 0.25) is 0 Å². The Labute approximate surface area is 172 Å². The summed E-state index contributed by atoms with van der Waals surface area (Å²) in [5, 5.41) is 11.4. The predicted molar refractivity (Wildman–Crippen MR) is 115 cm³/mol. The molecule has 0 aromatic carbocycles. The van der Waals surface area contributed by atoms with E-state index in [4.69, 9.17) is 9.73 Å². The van der Waals surface area contributed by atoms with Crippen LogP contribution < -0.4 is 10.6 Å². The number of nitrogens with zero attached hydrogens (tertiary/aromatic N) is 4. The summed E-state index contributed by atoms with van der Waals surface area (Å²) in [6, 6.07) is 0.310. The topological polar surface area (TPSA) is 76.4 Å². The largest absolute Gasteiger partial charge is 0.377 e. The van der Waals surface area contributed by atoms with Crippen molar-refractivity contribution in [2.24, 2.45) is 4.99 Å². The Morgan fingerprint density at radius 2 is 2.24 bits per heavy atom. The molecule has 0 bridgehead atoms. The molecule has 9 heteroatoms. The van der Waals surface area contributed by atoms with Gasteiger partial charge >= 0.3 is 0 Å². The molecule has 0 fully saturated rings. The Bertz CT molecular complexity index is 563. The van der Waals surface area contributed by atoms with E-state index in [2.05, 4.69) is 47.7 Å². The van der Waals surface area contributed by atoms with Gasteiger partial charge in [0.15, 0.2) is 11.8 Å². The second kappa shape index (κ2) is 10.6. The van der Waals surface area contributed by atoms with Crippen LogP contribution in [0.1, 0.15) is 38.8 Å². The number of halogens is 1. The first-order valence-electron chi connectivity index (χ1n) is 8.49. The molecule has 2 heterocycles. The van der Waals surface area contributed by atoms with E-state index < -0.39 is 0 Å². The van der Waals surface area contributed by atoms with Gasteiger partial charge in [0.05, 0.1) is 13.1 Å². The fourth-order valence-corrected chi connectivity index (χ4v) is 2.71. The quantitative estimate of drug-likeness (QED) is 0.352. The lowest BCUT2D eigenvalue weighted by Gasteiger charge is -2.26. The fraction of sp³-hybridized carbons (Fsp3) is 0.812. The van der Waals surface area contributed by atoms with Gasteiger partial charge in [-0.25, -0.2) is 9.67 Å². The number of ether oxygens (including phenoxy) is 1. The lowest BCUT2D eigenvalue weighted by atomic mass is 10.1. The zero-order valence-corrected chi connectivity index (χ0v) is 19.0. The Morgan fingerprint density at radius 1 is 1.48 bits per heavy atom. The summed E-state index contributed by atoms with van der Waals surface area (Å²) >= 11 is 1.83. The smallest absolute Gasteiger partial charge is 0.191 e. The highest BCUT2D eigenvalue weighted by Gasteiger charge is 2.23. The van der Waals surface area contributed by atoms with Gasteiger partial charge in [-0.1, -0.05) is 0 Å². The molecule has 1 aromatic heterocycles. The molecule has 25 heavy (non-hydrogen) atoms.